The fourth-order valence-electron chi connectivity index (χ4n) is 2.72. The molecule has 2 bridgehead atoms. The highest BCUT2D eigenvalue weighted by molar-refractivity contribution is 5.01. The maximum Gasteiger partial charge on any atom is 0.0124 e. The molecule has 0 amide bonds. The van der Waals surface area contributed by atoms with Gasteiger partial charge >= 0.3 is 0 Å². The molecule has 4 aliphatic rings. The van der Waals surface area contributed by atoms with E-state index in [0.717, 1.165) is 23.8 Å². The van der Waals surface area contributed by atoms with Crippen molar-refractivity contribution in [3.63, 3.8) is 0 Å². The summed E-state index contributed by atoms with van der Waals surface area (Å²) in [6, 6.07) is 0.949. The van der Waals surface area contributed by atoms with Crippen molar-refractivity contribution >= 4 is 0 Å². The zero-order valence-electron chi connectivity index (χ0n) is 6.34. The van der Waals surface area contributed by atoms with Gasteiger partial charge < -0.3 is 5.32 Å². The zero-order valence-corrected chi connectivity index (χ0v) is 6.34. The van der Waals surface area contributed by atoms with Crippen LogP contribution in [0.2, 0.25) is 0 Å². The molecule has 1 heteroatoms. The summed E-state index contributed by atoms with van der Waals surface area (Å²) in [7, 11) is 0. The summed E-state index contributed by atoms with van der Waals surface area (Å²) >= 11 is 0. The van der Waals surface area contributed by atoms with E-state index in [0.29, 0.717) is 0 Å². The van der Waals surface area contributed by atoms with Crippen LogP contribution in [0.4, 0.5) is 0 Å². The molecule has 0 aromatic rings. The largest absolute Gasteiger partial charge is 0.313 e. The lowest BCUT2D eigenvalue weighted by Gasteiger charge is -2.47. The van der Waals surface area contributed by atoms with Crippen molar-refractivity contribution in [3.05, 3.63) is 0 Å². The molecule has 0 spiro atoms. The summed E-state index contributed by atoms with van der Waals surface area (Å²) in [4.78, 5) is 0. The van der Waals surface area contributed by atoms with E-state index in [1.54, 1.807) is 12.8 Å². The van der Waals surface area contributed by atoms with Crippen LogP contribution in [0.15, 0.2) is 0 Å². The first kappa shape index (κ1) is 5.59. The number of hydrogen-bond acceptors (Lipinski definition) is 1. The first-order valence-electron chi connectivity index (χ1n) is 4.67. The van der Waals surface area contributed by atoms with Crippen LogP contribution in [0.25, 0.3) is 0 Å². The normalized spacial score (nSPS) is 52.2. The predicted molar refractivity (Wildman–Crippen MR) is 40.7 cm³/mol. The molecule has 0 aromatic carbocycles. The van der Waals surface area contributed by atoms with Crippen LogP contribution in [0.1, 0.15) is 25.7 Å². The van der Waals surface area contributed by atoms with Crippen LogP contribution >= 0.6 is 0 Å². The van der Waals surface area contributed by atoms with Crippen LogP contribution in [0, 0.1) is 17.8 Å². The Balaban J connectivity index is 1.72. The highest BCUT2D eigenvalue weighted by Gasteiger charge is 2.45. The Morgan fingerprint density at radius 1 is 1.00 bits per heavy atom. The summed E-state index contributed by atoms with van der Waals surface area (Å²) in [6.07, 6.45) is 6.12. The summed E-state index contributed by atoms with van der Waals surface area (Å²) in [6.45, 7) is 1.33. The second-order valence-electron chi connectivity index (χ2n) is 4.37. The number of nitrogens with one attached hydrogen (secondary N) is 1. The average Bonchev–Trinajstić information content (AvgIpc) is 2.66. The van der Waals surface area contributed by atoms with E-state index in [9.17, 15) is 0 Å². The molecule has 1 atom stereocenters. The first-order valence-corrected chi connectivity index (χ1v) is 4.67. The van der Waals surface area contributed by atoms with Gasteiger partial charge in [0.15, 0.2) is 0 Å². The van der Waals surface area contributed by atoms with Crippen molar-refractivity contribution in [2.24, 2.45) is 17.8 Å². The molecule has 0 radical (unpaired) electrons. The van der Waals surface area contributed by atoms with Crippen molar-refractivity contribution in [3.8, 4) is 0 Å². The van der Waals surface area contributed by atoms with Gasteiger partial charge in [0.05, 0.1) is 0 Å². The van der Waals surface area contributed by atoms with Gasteiger partial charge in [0, 0.05) is 6.04 Å². The summed E-state index contributed by atoms with van der Waals surface area (Å²) in [5.41, 5.74) is 0. The van der Waals surface area contributed by atoms with Crippen molar-refractivity contribution in [1.29, 1.82) is 0 Å². The van der Waals surface area contributed by atoms with Gasteiger partial charge in [-0.2, -0.15) is 0 Å². The predicted octanol–water partition coefficient (Wildman–Crippen LogP) is 1.39. The van der Waals surface area contributed by atoms with E-state index in [4.69, 9.17) is 0 Å². The monoisotopic (exact) mass is 137 g/mol. The highest BCUT2D eigenvalue weighted by atomic mass is 15.0. The lowest BCUT2D eigenvalue weighted by Crippen LogP contribution is -2.54. The molecule has 2 heterocycles. The molecular weight excluding hydrogens is 122 g/mol. The Kier molecular flexibility index (Phi) is 0.984. The molecule has 4 fully saturated rings. The van der Waals surface area contributed by atoms with Crippen LogP contribution < -0.4 is 5.32 Å². The van der Waals surface area contributed by atoms with E-state index in [1.807, 2.05) is 0 Å². The summed E-state index contributed by atoms with van der Waals surface area (Å²) < 4.78 is 0. The molecule has 1 unspecified atom stereocenters. The molecule has 0 aromatic heterocycles. The third-order valence-electron chi connectivity index (χ3n) is 3.55. The molecule has 10 heavy (non-hydrogen) atoms. The van der Waals surface area contributed by atoms with Gasteiger partial charge in [-0.1, -0.05) is 0 Å². The molecule has 56 valence electrons. The Morgan fingerprint density at radius 3 is 2.30 bits per heavy atom. The van der Waals surface area contributed by atoms with Crippen LogP contribution in [0.3, 0.4) is 0 Å². The quantitative estimate of drug-likeness (QED) is 0.576. The fraction of sp³-hybridized carbons (Fsp3) is 1.00. The minimum absolute atomic E-state index is 0.949. The van der Waals surface area contributed by atoms with Gasteiger partial charge in [0.1, 0.15) is 0 Å². The molecule has 2 aliphatic heterocycles. The van der Waals surface area contributed by atoms with Gasteiger partial charge in [-0.25, -0.2) is 0 Å². The minimum Gasteiger partial charge on any atom is -0.313 e. The highest BCUT2D eigenvalue weighted by Crippen LogP contribution is 2.47. The van der Waals surface area contributed by atoms with Gasteiger partial charge in [-0.05, 0) is 50.0 Å². The SMILES string of the molecule is C1NC(C2CC2)C2CC1C2. The van der Waals surface area contributed by atoms with Crippen molar-refractivity contribution in [2.45, 2.75) is 31.7 Å². The first-order chi connectivity index (χ1) is 4.93. The topological polar surface area (TPSA) is 12.0 Å². The molecular formula is C9H15N. The molecule has 2 saturated carbocycles. The third-order valence-corrected chi connectivity index (χ3v) is 3.55. The smallest absolute Gasteiger partial charge is 0.0124 e. The summed E-state index contributed by atoms with van der Waals surface area (Å²) in [5.74, 6) is 3.25. The third kappa shape index (κ3) is 0.672. The van der Waals surface area contributed by atoms with Gasteiger partial charge in [0.2, 0.25) is 0 Å². The average molecular weight is 137 g/mol. The van der Waals surface area contributed by atoms with Gasteiger partial charge in [-0.3, -0.25) is 0 Å². The molecule has 1 nitrogen and oxygen atoms in total. The fourth-order valence-corrected chi connectivity index (χ4v) is 2.72. The van der Waals surface area contributed by atoms with Gasteiger partial charge in [-0.15, -0.1) is 0 Å². The minimum atomic E-state index is 0.949. The standard InChI is InChI=1S/C9H15N/c1-2-7(1)9-8-3-6(4-8)5-10-9/h6-10H,1-5H2. The number of fused-ring (bicyclic) bond motifs is 2. The number of hydrogen-bond donors (Lipinski definition) is 1. The summed E-state index contributed by atoms with van der Waals surface area (Å²) in [5, 5.41) is 3.68. The van der Waals surface area contributed by atoms with E-state index in [2.05, 4.69) is 5.32 Å². The molecule has 2 saturated heterocycles. The van der Waals surface area contributed by atoms with Crippen molar-refractivity contribution in [1.82, 2.24) is 5.32 Å². The lowest BCUT2D eigenvalue weighted by atomic mass is 9.66. The van der Waals surface area contributed by atoms with Crippen molar-refractivity contribution in [2.75, 3.05) is 6.54 Å². The number of piperidine rings is 2. The van der Waals surface area contributed by atoms with Crippen LogP contribution in [-0.4, -0.2) is 12.6 Å². The second-order valence-corrected chi connectivity index (χ2v) is 4.37. The number of rotatable bonds is 1. The Hall–Kier alpha value is -0.0400. The van der Waals surface area contributed by atoms with E-state index < -0.39 is 0 Å². The lowest BCUT2D eigenvalue weighted by molar-refractivity contribution is 0.0726. The van der Waals surface area contributed by atoms with Gasteiger partial charge in [0.25, 0.3) is 0 Å². The second kappa shape index (κ2) is 1.76. The van der Waals surface area contributed by atoms with E-state index in [-0.39, 0.29) is 0 Å². The van der Waals surface area contributed by atoms with Crippen LogP contribution in [-0.2, 0) is 0 Å². The Labute approximate surface area is 62.2 Å². The maximum absolute atomic E-state index is 3.68. The molecule has 2 aliphatic carbocycles. The maximum atomic E-state index is 3.68. The molecule has 4 rings (SSSR count). The van der Waals surface area contributed by atoms with E-state index in [1.165, 1.54) is 19.4 Å². The van der Waals surface area contributed by atoms with Crippen LogP contribution in [0.5, 0.6) is 0 Å². The van der Waals surface area contributed by atoms with E-state index >= 15 is 0 Å². The molecule has 1 N–H and O–H groups in total. The Morgan fingerprint density at radius 2 is 1.80 bits per heavy atom. The van der Waals surface area contributed by atoms with Crippen molar-refractivity contribution < 1.29 is 0 Å². The zero-order chi connectivity index (χ0) is 6.55. The Bertz CT molecular complexity index is 142.